The third kappa shape index (κ3) is 3.31. The van der Waals surface area contributed by atoms with Crippen molar-refractivity contribution in [1.82, 2.24) is 4.98 Å². The van der Waals surface area contributed by atoms with Gasteiger partial charge in [0.25, 0.3) is 0 Å². The number of hydrogen-bond acceptors (Lipinski definition) is 5. The summed E-state index contributed by atoms with van der Waals surface area (Å²) in [6.45, 7) is 2.40. The highest BCUT2D eigenvalue weighted by atomic mass is 35.5. The van der Waals surface area contributed by atoms with Crippen molar-refractivity contribution >= 4 is 28.1 Å². The number of nitrogens with zero attached hydrogens (tertiary/aromatic N) is 2. The minimum absolute atomic E-state index is 0.154. The minimum Gasteiger partial charge on any atom is -0.393 e. The SMILES string of the molecule is NCCCc1sc(N2CCC(O)CC2)nc1Cl. The van der Waals surface area contributed by atoms with Crippen molar-refractivity contribution in [2.24, 2.45) is 5.73 Å². The highest BCUT2D eigenvalue weighted by molar-refractivity contribution is 7.16. The lowest BCUT2D eigenvalue weighted by Crippen LogP contribution is -2.35. The molecule has 1 fully saturated rings. The second-order valence-corrected chi connectivity index (χ2v) is 5.74. The number of piperidine rings is 1. The molecule has 0 atom stereocenters. The molecular weight excluding hydrogens is 258 g/mol. The van der Waals surface area contributed by atoms with Crippen LogP contribution in [-0.4, -0.2) is 35.8 Å². The lowest BCUT2D eigenvalue weighted by Gasteiger charge is -2.29. The standard InChI is InChI=1S/C11H18ClN3OS/c12-10-9(2-1-5-13)17-11(14-10)15-6-3-8(16)4-7-15/h8,16H,1-7,13H2. The van der Waals surface area contributed by atoms with Gasteiger partial charge in [0, 0.05) is 18.0 Å². The Bertz CT molecular complexity index is 364. The smallest absolute Gasteiger partial charge is 0.187 e. The number of thiazole rings is 1. The van der Waals surface area contributed by atoms with E-state index in [4.69, 9.17) is 17.3 Å². The molecule has 0 amide bonds. The van der Waals surface area contributed by atoms with Crippen molar-refractivity contribution in [1.29, 1.82) is 0 Å². The molecular formula is C11H18ClN3OS. The van der Waals surface area contributed by atoms with E-state index in [2.05, 4.69) is 9.88 Å². The largest absolute Gasteiger partial charge is 0.393 e. The van der Waals surface area contributed by atoms with Crippen molar-refractivity contribution in [2.75, 3.05) is 24.5 Å². The highest BCUT2D eigenvalue weighted by Crippen LogP contribution is 2.31. The van der Waals surface area contributed by atoms with Crippen LogP contribution in [0.4, 0.5) is 5.13 Å². The second-order valence-electron chi connectivity index (χ2n) is 4.32. The van der Waals surface area contributed by atoms with Gasteiger partial charge in [0.1, 0.15) is 5.15 Å². The van der Waals surface area contributed by atoms with Gasteiger partial charge < -0.3 is 15.7 Å². The van der Waals surface area contributed by atoms with Crippen LogP contribution in [0.2, 0.25) is 5.15 Å². The van der Waals surface area contributed by atoms with Crippen LogP contribution in [0.3, 0.4) is 0 Å². The third-order valence-electron chi connectivity index (χ3n) is 2.98. The zero-order valence-corrected chi connectivity index (χ0v) is 11.3. The fraction of sp³-hybridized carbons (Fsp3) is 0.727. The average Bonchev–Trinajstić information content (AvgIpc) is 2.69. The molecule has 0 aliphatic carbocycles. The first-order chi connectivity index (χ1) is 8.20. The molecule has 4 nitrogen and oxygen atoms in total. The molecule has 96 valence electrons. The molecule has 2 rings (SSSR count). The summed E-state index contributed by atoms with van der Waals surface area (Å²) in [4.78, 5) is 7.73. The van der Waals surface area contributed by atoms with Gasteiger partial charge in [-0.2, -0.15) is 0 Å². The summed E-state index contributed by atoms with van der Waals surface area (Å²) >= 11 is 7.76. The third-order valence-corrected chi connectivity index (χ3v) is 4.58. The summed E-state index contributed by atoms with van der Waals surface area (Å²) in [5, 5.41) is 11.1. The van der Waals surface area contributed by atoms with Crippen molar-refractivity contribution in [3.8, 4) is 0 Å². The van der Waals surface area contributed by atoms with E-state index in [0.717, 1.165) is 48.8 Å². The normalized spacial score (nSPS) is 17.7. The Morgan fingerprint density at radius 2 is 2.18 bits per heavy atom. The first kappa shape index (κ1) is 13.1. The van der Waals surface area contributed by atoms with Gasteiger partial charge in [-0.15, -0.1) is 11.3 Å². The van der Waals surface area contributed by atoms with Crippen molar-refractivity contribution < 1.29 is 5.11 Å². The Morgan fingerprint density at radius 3 is 2.82 bits per heavy atom. The summed E-state index contributed by atoms with van der Waals surface area (Å²) in [5.74, 6) is 0. The summed E-state index contributed by atoms with van der Waals surface area (Å²) in [5.41, 5.74) is 5.49. The van der Waals surface area contributed by atoms with Gasteiger partial charge in [0.2, 0.25) is 0 Å². The number of hydrogen-bond donors (Lipinski definition) is 2. The van der Waals surface area contributed by atoms with Gasteiger partial charge in [-0.3, -0.25) is 0 Å². The Labute approximate surface area is 110 Å². The van der Waals surface area contributed by atoms with Crippen LogP contribution in [0.25, 0.3) is 0 Å². The fourth-order valence-corrected chi connectivity index (χ4v) is 3.32. The Hall–Kier alpha value is -0.360. The predicted molar refractivity (Wildman–Crippen MR) is 72.0 cm³/mol. The molecule has 0 bridgehead atoms. The molecule has 3 N–H and O–H groups in total. The molecule has 1 aliphatic rings. The van der Waals surface area contributed by atoms with E-state index in [0.29, 0.717) is 11.7 Å². The predicted octanol–water partition coefficient (Wildman–Crippen LogP) is 1.65. The fourth-order valence-electron chi connectivity index (χ4n) is 1.93. The minimum atomic E-state index is -0.154. The molecule has 0 spiro atoms. The molecule has 17 heavy (non-hydrogen) atoms. The van der Waals surface area contributed by atoms with Crippen LogP contribution in [-0.2, 0) is 6.42 Å². The number of aliphatic hydroxyl groups excluding tert-OH is 1. The van der Waals surface area contributed by atoms with Gasteiger partial charge in [0.05, 0.1) is 6.10 Å². The monoisotopic (exact) mass is 275 g/mol. The van der Waals surface area contributed by atoms with Crippen LogP contribution in [0.15, 0.2) is 0 Å². The van der Waals surface area contributed by atoms with E-state index in [-0.39, 0.29) is 6.10 Å². The first-order valence-electron chi connectivity index (χ1n) is 5.99. The maximum absolute atomic E-state index is 9.47. The van der Waals surface area contributed by atoms with Crippen LogP contribution < -0.4 is 10.6 Å². The number of halogens is 1. The topological polar surface area (TPSA) is 62.4 Å². The Morgan fingerprint density at radius 1 is 1.47 bits per heavy atom. The summed E-state index contributed by atoms with van der Waals surface area (Å²) in [6, 6.07) is 0. The van der Waals surface area contributed by atoms with Crippen LogP contribution in [0.1, 0.15) is 24.1 Å². The zero-order valence-electron chi connectivity index (χ0n) is 9.73. The number of aryl methyl sites for hydroxylation is 1. The molecule has 1 saturated heterocycles. The Kier molecular flexibility index (Phi) is 4.62. The van der Waals surface area contributed by atoms with Gasteiger partial charge in [-0.05, 0) is 32.2 Å². The van der Waals surface area contributed by atoms with Crippen molar-refractivity contribution in [2.45, 2.75) is 31.8 Å². The molecule has 2 heterocycles. The lowest BCUT2D eigenvalue weighted by molar-refractivity contribution is 0.145. The van der Waals surface area contributed by atoms with E-state index in [1.165, 1.54) is 0 Å². The van der Waals surface area contributed by atoms with Gasteiger partial charge in [-0.1, -0.05) is 11.6 Å². The summed E-state index contributed by atoms with van der Waals surface area (Å²) < 4.78 is 0. The van der Waals surface area contributed by atoms with Crippen LogP contribution >= 0.6 is 22.9 Å². The van der Waals surface area contributed by atoms with Gasteiger partial charge >= 0.3 is 0 Å². The average molecular weight is 276 g/mol. The number of anilines is 1. The van der Waals surface area contributed by atoms with Crippen LogP contribution in [0.5, 0.6) is 0 Å². The number of aliphatic hydroxyl groups is 1. The number of nitrogens with two attached hydrogens (primary N) is 1. The molecule has 0 unspecified atom stereocenters. The first-order valence-corrected chi connectivity index (χ1v) is 7.18. The lowest BCUT2D eigenvalue weighted by atomic mass is 10.1. The second kappa shape index (κ2) is 6.00. The van der Waals surface area contributed by atoms with E-state index in [1.54, 1.807) is 11.3 Å². The van der Waals surface area contributed by atoms with Crippen molar-refractivity contribution in [3.05, 3.63) is 10.0 Å². The molecule has 0 radical (unpaired) electrons. The zero-order chi connectivity index (χ0) is 12.3. The molecule has 1 aliphatic heterocycles. The van der Waals surface area contributed by atoms with E-state index in [1.807, 2.05) is 0 Å². The van der Waals surface area contributed by atoms with E-state index < -0.39 is 0 Å². The molecule has 6 heteroatoms. The summed E-state index contributed by atoms with van der Waals surface area (Å²) in [6.07, 6.45) is 3.33. The van der Waals surface area contributed by atoms with E-state index >= 15 is 0 Å². The van der Waals surface area contributed by atoms with Gasteiger partial charge in [0.15, 0.2) is 5.13 Å². The van der Waals surface area contributed by atoms with E-state index in [9.17, 15) is 5.11 Å². The molecule has 1 aromatic rings. The summed E-state index contributed by atoms with van der Waals surface area (Å²) in [7, 11) is 0. The quantitative estimate of drug-likeness (QED) is 0.877. The number of rotatable bonds is 4. The molecule has 0 saturated carbocycles. The van der Waals surface area contributed by atoms with Crippen molar-refractivity contribution in [3.63, 3.8) is 0 Å². The maximum atomic E-state index is 9.47. The molecule has 1 aromatic heterocycles. The highest BCUT2D eigenvalue weighted by Gasteiger charge is 2.20. The van der Waals surface area contributed by atoms with Crippen LogP contribution in [0, 0.1) is 0 Å². The number of aromatic nitrogens is 1. The maximum Gasteiger partial charge on any atom is 0.187 e. The molecule has 0 aromatic carbocycles. The Balaban J connectivity index is 2.01. The van der Waals surface area contributed by atoms with Gasteiger partial charge in [-0.25, -0.2) is 4.98 Å².